The van der Waals surface area contributed by atoms with Gasteiger partial charge in [-0.2, -0.15) is 0 Å². The Morgan fingerprint density at radius 2 is 1.26 bits per heavy atom. The van der Waals surface area contributed by atoms with Gasteiger partial charge in [-0.15, -0.1) is 0 Å². The Morgan fingerprint density at radius 1 is 0.714 bits per heavy atom. The maximum atomic E-state index is 14.1. The number of carbonyl (C=O) groups is 1. The van der Waals surface area contributed by atoms with Crippen molar-refractivity contribution in [2.75, 3.05) is 39.3 Å². The zero-order valence-electron chi connectivity index (χ0n) is 21.2. The van der Waals surface area contributed by atoms with Gasteiger partial charge < -0.3 is 4.90 Å². The summed E-state index contributed by atoms with van der Waals surface area (Å²) < 4.78 is 0. The maximum absolute atomic E-state index is 14.1. The summed E-state index contributed by atoms with van der Waals surface area (Å²) in [4.78, 5) is 21.7. The van der Waals surface area contributed by atoms with Gasteiger partial charge >= 0.3 is 0 Å². The van der Waals surface area contributed by atoms with Crippen molar-refractivity contribution in [2.24, 2.45) is 0 Å². The van der Waals surface area contributed by atoms with Crippen molar-refractivity contribution in [1.29, 1.82) is 0 Å². The molecule has 4 nitrogen and oxygen atoms in total. The molecular formula is C31H41N3O. The van der Waals surface area contributed by atoms with Crippen molar-refractivity contribution in [3.05, 3.63) is 71.8 Å². The van der Waals surface area contributed by atoms with Crippen molar-refractivity contribution < 1.29 is 4.79 Å². The number of nitrogens with zero attached hydrogens (tertiary/aromatic N) is 3. The lowest BCUT2D eigenvalue weighted by molar-refractivity contribution is -0.135. The number of carbonyl (C=O) groups excluding carboxylic acids is 1. The smallest absolute Gasteiger partial charge is 0.237 e. The van der Waals surface area contributed by atoms with E-state index in [2.05, 4.69) is 75.4 Å². The van der Waals surface area contributed by atoms with Crippen molar-refractivity contribution in [2.45, 2.75) is 74.8 Å². The molecule has 0 spiro atoms. The molecule has 186 valence electrons. The molecule has 0 unspecified atom stereocenters. The molecule has 1 saturated carbocycles. The lowest BCUT2D eigenvalue weighted by Gasteiger charge is -2.51. The molecule has 0 radical (unpaired) electrons. The van der Waals surface area contributed by atoms with Gasteiger partial charge in [0.15, 0.2) is 0 Å². The second-order valence-corrected chi connectivity index (χ2v) is 11.5. The first-order valence-corrected chi connectivity index (χ1v) is 14.1. The summed E-state index contributed by atoms with van der Waals surface area (Å²) in [7, 11) is 0. The molecule has 1 aliphatic carbocycles. The number of benzene rings is 2. The van der Waals surface area contributed by atoms with Gasteiger partial charge in [-0.3, -0.25) is 14.6 Å². The molecule has 35 heavy (non-hydrogen) atoms. The highest BCUT2D eigenvalue weighted by molar-refractivity contribution is 5.79. The molecule has 7 rings (SSSR count). The van der Waals surface area contributed by atoms with E-state index < -0.39 is 0 Å². The third kappa shape index (κ3) is 4.56. The van der Waals surface area contributed by atoms with Crippen LogP contribution in [0.3, 0.4) is 0 Å². The molecule has 5 aliphatic rings. The first-order valence-electron chi connectivity index (χ1n) is 14.1. The van der Waals surface area contributed by atoms with E-state index in [4.69, 9.17) is 0 Å². The number of likely N-dealkylation sites (tertiary alicyclic amines) is 2. The van der Waals surface area contributed by atoms with Gasteiger partial charge in [0, 0.05) is 30.0 Å². The number of amides is 1. The molecule has 2 atom stereocenters. The zero-order valence-corrected chi connectivity index (χ0v) is 21.2. The topological polar surface area (TPSA) is 26.8 Å². The van der Waals surface area contributed by atoms with Crippen molar-refractivity contribution in [3.8, 4) is 0 Å². The van der Waals surface area contributed by atoms with Crippen LogP contribution in [0.4, 0.5) is 0 Å². The lowest BCUT2D eigenvalue weighted by Crippen LogP contribution is -2.55. The summed E-state index contributed by atoms with van der Waals surface area (Å²) in [6.45, 7) is 6.08. The standard InChI is InChI=1S/C31H41N3O/c35-29(24-32-17-8-3-9-18-32)34-21-16-31(33-19-10-11-20-33)22-27(25-12-4-1-5-13-25)30(34)28(23-31)26-14-6-2-7-15-26/h1-2,4-7,12-15,27-28,30H,3,8-11,16-24H2/t27-,28-,30?,31?/m0/s1. The van der Waals surface area contributed by atoms with Crippen LogP contribution in [0.1, 0.15) is 74.3 Å². The van der Waals surface area contributed by atoms with Crippen LogP contribution in [0, 0.1) is 0 Å². The van der Waals surface area contributed by atoms with E-state index in [1.54, 1.807) is 0 Å². The number of fused-ring (bicyclic) bond motifs is 4. The average Bonchev–Trinajstić information content (AvgIpc) is 3.35. The summed E-state index contributed by atoms with van der Waals surface area (Å²) in [6, 6.07) is 22.5. The van der Waals surface area contributed by atoms with E-state index in [-0.39, 0.29) is 11.6 Å². The maximum Gasteiger partial charge on any atom is 0.237 e. The quantitative estimate of drug-likeness (QED) is 0.594. The third-order valence-corrected chi connectivity index (χ3v) is 9.56. The normalized spacial score (nSPS) is 32.0. The molecule has 4 heteroatoms. The fourth-order valence-corrected chi connectivity index (χ4v) is 7.87. The molecule has 5 fully saturated rings. The highest BCUT2D eigenvalue weighted by atomic mass is 16.2. The Bertz CT molecular complexity index is 931. The van der Waals surface area contributed by atoms with Crippen LogP contribution in [0.5, 0.6) is 0 Å². The SMILES string of the molecule is O=C(CN1CCCCC1)N1CCC2(N3CCCC3)C[C@@H](c3ccccc3)C1[C@H](c1ccccc1)C2. The van der Waals surface area contributed by atoms with Crippen molar-refractivity contribution >= 4 is 5.91 Å². The van der Waals surface area contributed by atoms with Crippen molar-refractivity contribution in [3.63, 3.8) is 0 Å². The molecule has 4 saturated heterocycles. The van der Waals surface area contributed by atoms with Crippen LogP contribution < -0.4 is 0 Å². The van der Waals surface area contributed by atoms with Gasteiger partial charge in [-0.25, -0.2) is 0 Å². The van der Waals surface area contributed by atoms with Gasteiger partial charge in [-0.05, 0) is 82.3 Å². The number of piperidine rings is 1. The molecule has 4 aliphatic heterocycles. The Balaban J connectivity index is 1.41. The van der Waals surface area contributed by atoms with E-state index in [0.717, 1.165) is 26.1 Å². The number of hydrogen-bond donors (Lipinski definition) is 0. The van der Waals surface area contributed by atoms with Crippen LogP contribution in [0.25, 0.3) is 0 Å². The van der Waals surface area contributed by atoms with Crippen LogP contribution in [-0.4, -0.2) is 71.5 Å². The fourth-order valence-electron chi connectivity index (χ4n) is 7.87. The van der Waals surface area contributed by atoms with Crippen LogP contribution in [0.15, 0.2) is 60.7 Å². The first-order chi connectivity index (χ1) is 17.2. The molecule has 2 aromatic carbocycles. The fraction of sp³-hybridized carbons (Fsp3) is 0.581. The molecule has 0 aromatic heterocycles. The number of hydrogen-bond acceptors (Lipinski definition) is 3. The molecule has 4 heterocycles. The lowest BCUT2D eigenvalue weighted by atomic mass is 9.63. The van der Waals surface area contributed by atoms with Crippen molar-refractivity contribution in [1.82, 2.24) is 14.7 Å². The Hall–Kier alpha value is -2.17. The predicted molar refractivity (Wildman–Crippen MR) is 142 cm³/mol. The average molecular weight is 472 g/mol. The first kappa shape index (κ1) is 23.2. The molecular weight excluding hydrogens is 430 g/mol. The minimum atomic E-state index is 0.189. The van der Waals surface area contributed by atoms with E-state index >= 15 is 0 Å². The van der Waals surface area contributed by atoms with E-state index in [1.165, 1.54) is 69.2 Å². The molecule has 1 amide bonds. The van der Waals surface area contributed by atoms with E-state index in [1.807, 2.05) is 0 Å². The van der Waals surface area contributed by atoms with Gasteiger partial charge in [0.05, 0.1) is 6.54 Å². The van der Waals surface area contributed by atoms with Gasteiger partial charge in [0.2, 0.25) is 5.91 Å². The largest absolute Gasteiger partial charge is 0.337 e. The minimum Gasteiger partial charge on any atom is -0.337 e. The monoisotopic (exact) mass is 471 g/mol. The summed E-state index contributed by atoms with van der Waals surface area (Å²) in [5.41, 5.74) is 3.02. The van der Waals surface area contributed by atoms with E-state index in [9.17, 15) is 4.79 Å². The Kier molecular flexibility index (Phi) is 6.68. The van der Waals surface area contributed by atoms with Crippen LogP contribution in [-0.2, 0) is 4.79 Å². The summed E-state index contributed by atoms with van der Waals surface area (Å²) in [6.07, 6.45) is 9.87. The third-order valence-electron chi connectivity index (χ3n) is 9.56. The van der Waals surface area contributed by atoms with E-state index in [0.29, 0.717) is 24.3 Å². The van der Waals surface area contributed by atoms with Gasteiger partial charge in [0.1, 0.15) is 0 Å². The second kappa shape index (κ2) is 10.1. The molecule has 2 aromatic rings. The van der Waals surface area contributed by atoms with Crippen LogP contribution in [0.2, 0.25) is 0 Å². The van der Waals surface area contributed by atoms with Gasteiger partial charge in [0.25, 0.3) is 0 Å². The highest BCUT2D eigenvalue weighted by Crippen LogP contribution is 2.54. The second-order valence-electron chi connectivity index (χ2n) is 11.5. The predicted octanol–water partition coefficient (Wildman–Crippen LogP) is 5.27. The summed E-state index contributed by atoms with van der Waals surface area (Å²) in [5, 5.41) is 0. The Labute approximate surface area is 211 Å². The summed E-state index contributed by atoms with van der Waals surface area (Å²) in [5.74, 6) is 1.12. The zero-order chi connectivity index (χ0) is 23.7. The minimum absolute atomic E-state index is 0.189. The Morgan fingerprint density at radius 3 is 1.83 bits per heavy atom. The summed E-state index contributed by atoms with van der Waals surface area (Å²) >= 11 is 0. The molecule has 0 N–H and O–H groups in total. The highest BCUT2D eigenvalue weighted by Gasteiger charge is 2.55. The number of rotatable bonds is 5. The van der Waals surface area contributed by atoms with Gasteiger partial charge in [-0.1, -0.05) is 67.1 Å². The van der Waals surface area contributed by atoms with Crippen LogP contribution >= 0.6 is 0 Å². The molecule has 2 bridgehead atoms.